The van der Waals surface area contributed by atoms with Gasteiger partial charge in [0.25, 0.3) is 0 Å². The molecule has 0 aromatic carbocycles. The first-order valence-corrected chi connectivity index (χ1v) is 9.11. The highest BCUT2D eigenvalue weighted by Gasteiger charge is 2.34. The Morgan fingerprint density at radius 1 is 1.50 bits per heavy atom. The third-order valence-corrected chi connectivity index (χ3v) is 5.02. The third-order valence-electron chi connectivity index (χ3n) is 4.04. The van der Waals surface area contributed by atoms with Crippen molar-refractivity contribution >= 4 is 41.3 Å². The molecule has 1 fully saturated rings. The van der Waals surface area contributed by atoms with Crippen LogP contribution in [0.5, 0.6) is 0 Å². The SMILES string of the molecule is CCNC(=NCC1(CCO)CCOC1)NCCc1ncc(C)s1.I. The van der Waals surface area contributed by atoms with Gasteiger partial charge in [0, 0.05) is 49.2 Å². The summed E-state index contributed by atoms with van der Waals surface area (Å²) in [6, 6.07) is 0. The number of guanidine groups is 1. The summed E-state index contributed by atoms with van der Waals surface area (Å²) < 4.78 is 5.52. The summed E-state index contributed by atoms with van der Waals surface area (Å²) in [5.41, 5.74) is -0.0104. The van der Waals surface area contributed by atoms with Crippen molar-refractivity contribution in [1.82, 2.24) is 15.6 Å². The van der Waals surface area contributed by atoms with E-state index in [0.717, 1.165) is 49.9 Å². The number of aromatic nitrogens is 1. The van der Waals surface area contributed by atoms with Gasteiger partial charge in [0.15, 0.2) is 5.96 Å². The molecule has 0 radical (unpaired) electrons. The first-order valence-electron chi connectivity index (χ1n) is 8.29. The van der Waals surface area contributed by atoms with Gasteiger partial charge < -0.3 is 20.5 Å². The number of hydrogen-bond acceptors (Lipinski definition) is 5. The monoisotopic (exact) mass is 468 g/mol. The summed E-state index contributed by atoms with van der Waals surface area (Å²) in [6.07, 6.45) is 4.52. The van der Waals surface area contributed by atoms with Gasteiger partial charge in [-0.1, -0.05) is 0 Å². The van der Waals surface area contributed by atoms with Gasteiger partial charge >= 0.3 is 0 Å². The van der Waals surface area contributed by atoms with E-state index in [1.165, 1.54) is 4.88 Å². The number of aliphatic hydroxyl groups is 1. The van der Waals surface area contributed by atoms with Crippen molar-refractivity contribution in [3.05, 3.63) is 16.1 Å². The van der Waals surface area contributed by atoms with Gasteiger partial charge in [-0.25, -0.2) is 4.98 Å². The van der Waals surface area contributed by atoms with Gasteiger partial charge in [-0.2, -0.15) is 0 Å². The number of aliphatic hydroxyl groups excluding tert-OH is 1. The second-order valence-corrected chi connectivity index (χ2v) is 7.33. The van der Waals surface area contributed by atoms with E-state index in [0.29, 0.717) is 13.2 Å². The van der Waals surface area contributed by atoms with Gasteiger partial charge in [0.05, 0.1) is 18.2 Å². The Morgan fingerprint density at radius 3 is 2.92 bits per heavy atom. The van der Waals surface area contributed by atoms with E-state index in [1.807, 2.05) is 6.20 Å². The molecule has 0 bridgehead atoms. The molecule has 1 aliphatic heterocycles. The number of aliphatic imine (C=N–C) groups is 1. The second kappa shape index (κ2) is 11.2. The second-order valence-electron chi connectivity index (χ2n) is 6.01. The number of thiazole rings is 1. The molecule has 0 saturated carbocycles. The minimum atomic E-state index is -0.0104. The summed E-state index contributed by atoms with van der Waals surface area (Å²) >= 11 is 1.74. The van der Waals surface area contributed by atoms with Crippen LogP contribution in [0.4, 0.5) is 0 Å². The van der Waals surface area contributed by atoms with E-state index in [-0.39, 0.29) is 36.0 Å². The zero-order chi connectivity index (χ0) is 16.5. The molecule has 1 saturated heterocycles. The lowest BCUT2D eigenvalue weighted by atomic mass is 9.84. The predicted molar refractivity (Wildman–Crippen MR) is 110 cm³/mol. The fourth-order valence-corrected chi connectivity index (χ4v) is 3.47. The van der Waals surface area contributed by atoms with Crippen LogP contribution in [0.2, 0.25) is 0 Å². The molecule has 2 rings (SSSR count). The molecular formula is C16H29IN4O2S. The molecule has 0 aliphatic carbocycles. The van der Waals surface area contributed by atoms with Gasteiger partial charge in [-0.15, -0.1) is 35.3 Å². The Hall–Kier alpha value is -0.450. The number of hydrogen-bond donors (Lipinski definition) is 3. The Labute approximate surface area is 165 Å². The molecule has 1 aliphatic rings. The molecule has 2 heterocycles. The molecule has 0 amide bonds. The first kappa shape index (κ1) is 21.6. The lowest BCUT2D eigenvalue weighted by Gasteiger charge is -2.24. The highest BCUT2D eigenvalue weighted by atomic mass is 127. The number of nitrogens with one attached hydrogen (secondary N) is 2. The number of nitrogens with zero attached hydrogens (tertiary/aromatic N) is 2. The van der Waals surface area contributed by atoms with Crippen molar-refractivity contribution < 1.29 is 9.84 Å². The fourth-order valence-electron chi connectivity index (χ4n) is 2.68. The zero-order valence-corrected chi connectivity index (χ0v) is 17.7. The predicted octanol–water partition coefficient (Wildman–Crippen LogP) is 1.96. The van der Waals surface area contributed by atoms with Crippen molar-refractivity contribution in [3.8, 4) is 0 Å². The molecule has 1 aromatic rings. The summed E-state index contributed by atoms with van der Waals surface area (Å²) in [4.78, 5) is 10.3. The fraction of sp³-hybridized carbons (Fsp3) is 0.750. The molecule has 24 heavy (non-hydrogen) atoms. The minimum absolute atomic E-state index is 0. The quantitative estimate of drug-likeness (QED) is 0.309. The van der Waals surface area contributed by atoms with Crippen LogP contribution in [-0.4, -0.2) is 55.5 Å². The summed E-state index contributed by atoms with van der Waals surface area (Å²) in [7, 11) is 0. The van der Waals surface area contributed by atoms with Crippen LogP contribution in [-0.2, 0) is 11.2 Å². The lowest BCUT2D eigenvalue weighted by molar-refractivity contribution is 0.131. The Morgan fingerprint density at radius 2 is 2.33 bits per heavy atom. The summed E-state index contributed by atoms with van der Waals surface area (Å²) in [5.74, 6) is 0.824. The topological polar surface area (TPSA) is 78.8 Å². The maximum atomic E-state index is 9.29. The van der Waals surface area contributed by atoms with E-state index < -0.39 is 0 Å². The van der Waals surface area contributed by atoms with E-state index >= 15 is 0 Å². The van der Waals surface area contributed by atoms with Crippen LogP contribution < -0.4 is 10.6 Å². The maximum Gasteiger partial charge on any atom is 0.191 e. The third kappa shape index (κ3) is 6.81. The molecule has 138 valence electrons. The lowest BCUT2D eigenvalue weighted by Crippen LogP contribution is -2.39. The smallest absolute Gasteiger partial charge is 0.191 e. The Bertz CT molecular complexity index is 504. The number of aryl methyl sites for hydroxylation is 1. The van der Waals surface area contributed by atoms with Gasteiger partial charge in [-0.05, 0) is 26.7 Å². The van der Waals surface area contributed by atoms with Crippen molar-refractivity contribution in [2.45, 2.75) is 33.1 Å². The van der Waals surface area contributed by atoms with Crippen molar-refractivity contribution in [2.75, 3.05) is 39.5 Å². The zero-order valence-electron chi connectivity index (χ0n) is 14.5. The van der Waals surface area contributed by atoms with E-state index in [1.54, 1.807) is 11.3 Å². The summed E-state index contributed by atoms with van der Waals surface area (Å²) in [5, 5.41) is 17.1. The molecule has 0 spiro atoms. The Kier molecular flexibility index (Phi) is 10.1. The van der Waals surface area contributed by atoms with Crippen LogP contribution in [0, 0.1) is 12.3 Å². The standard InChI is InChI=1S/C16H28N4O2S.HI/c1-3-17-15(18-7-4-14-19-10-13(2)23-14)20-11-16(5-8-21)6-9-22-12-16;/h10,21H,3-9,11-12H2,1-2H3,(H2,17,18,20);1H. The highest BCUT2D eigenvalue weighted by Crippen LogP contribution is 2.32. The van der Waals surface area contributed by atoms with Gasteiger partial charge in [0.1, 0.15) is 0 Å². The van der Waals surface area contributed by atoms with Crippen molar-refractivity contribution in [3.63, 3.8) is 0 Å². The van der Waals surface area contributed by atoms with Crippen molar-refractivity contribution in [2.24, 2.45) is 10.4 Å². The minimum Gasteiger partial charge on any atom is -0.396 e. The molecule has 6 nitrogen and oxygen atoms in total. The first-order chi connectivity index (χ1) is 11.2. The van der Waals surface area contributed by atoms with Crippen LogP contribution in [0.1, 0.15) is 29.7 Å². The largest absolute Gasteiger partial charge is 0.396 e. The van der Waals surface area contributed by atoms with Crippen molar-refractivity contribution in [1.29, 1.82) is 0 Å². The van der Waals surface area contributed by atoms with E-state index in [4.69, 9.17) is 9.73 Å². The van der Waals surface area contributed by atoms with Crippen LogP contribution in [0.3, 0.4) is 0 Å². The van der Waals surface area contributed by atoms with E-state index in [9.17, 15) is 5.11 Å². The average Bonchev–Trinajstić information content (AvgIpc) is 3.15. The molecular weight excluding hydrogens is 439 g/mol. The molecule has 3 N–H and O–H groups in total. The van der Waals surface area contributed by atoms with E-state index in [2.05, 4.69) is 29.5 Å². The molecule has 8 heteroatoms. The Balaban J connectivity index is 0.00000288. The normalized spacial score (nSPS) is 20.7. The average molecular weight is 468 g/mol. The van der Waals surface area contributed by atoms with Gasteiger partial charge in [-0.3, -0.25) is 4.99 Å². The maximum absolute atomic E-state index is 9.29. The summed E-state index contributed by atoms with van der Waals surface area (Å²) in [6.45, 7) is 8.09. The highest BCUT2D eigenvalue weighted by molar-refractivity contribution is 14.0. The van der Waals surface area contributed by atoms with Crippen LogP contribution in [0.15, 0.2) is 11.2 Å². The van der Waals surface area contributed by atoms with Crippen LogP contribution >= 0.6 is 35.3 Å². The molecule has 1 atom stereocenters. The molecule has 1 unspecified atom stereocenters. The number of halogens is 1. The number of rotatable bonds is 8. The van der Waals surface area contributed by atoms with Gasteiger partial charge in [0.2, 0.25) is 0 Å². The number of ether oxygens (including phenoxy) is 1. The molecule has 1 aromatic heterocycles. The van der Waals surface area contributed by atoms with Crippen LogP contribution in [0.25, 0.3) is 0 Å².